The molecule has 1 spiro atoms. The van der Waals surface area contributed by atoms with E-state index >= 15 is 0 Å². The Balaban J connectivity index is 0.000000448. The summed E-state index contributed by atoms with van der Waals surface area (Å²) in [7, 11) is 0. The van der Waals surface area contributed by atoms with E-state index in [1.165, 1.54) is 16.7 Å². The molecule has 1 fully saturated rings. The fourth-order valence-electron chi connectivity index (χ4n) is 5.24. The molecule has 7 nitrogen and oxygen atoms in total. The van der Waals surface area contributed by atoms with E-state index < -0.39 is 12.1 Å². The van der Waals surface area contributed by atoms with E-state index in [9.17, 15) is 18.0 Å². The highest BCUT2D eigenvalue weighted by Crippen LogP contribution is 2.41. The quantitative estimate of drug-likeness (QED) is 0.498. The van der Waals surface area contributed by atoms with E-state index in [1.54, 1.807) is 0 Å². The number of fused-ring (bicyclic) bond motifs is 1. The van der Waals surface area contributed by atoms with E-state index in [2.05, 4.69) is 56.2 Å². The lowest BCUT2D eigenvalue weighted by molar-refractivity contribution is -0.192. The molecule has 0 aliphatic carbocycles. The highest BCUT2D eigenvalue weighted by molar-refractivity contribution is 5.84. The molecule has 0 atom stereocenters. The molecule has 5 rings (SSSR count). The van der Waals surface area contributed by atoms with E-state index in [0.717, 1.165) is 49.7 Å². The smallest absolute Gasteiger partial charge is 0.475 e. The molecule has 2 aliphatic heterocycles. The van der Waals surface area contributed by atoms with Crippen molar-refractivity contribution in [2.24, 2.45) is 5.41 Å². The van der Waals surface area contributed by atoms with Crippen LogP contribution in [0.15, 0.2) is 60.7 Å². The van der Waals surface area contributed by atoms with Gasteiger partial charge < -0.3 is 14.9 Å². The Morgan fingerprint density at radius 2 is 1.49 bits per heavy atom. The van der Waals surface area contributed by atoms with Gasteiger partial charge in [0.25, 0.3) is 0 Å². The predicted molar refractivity (Wildman–Crippen MR) is 140 cm³/mol. The van der Waals surface area contributed by atoms with Gasteiger partial charge in [-0.25, -0.2) is 14.8 Å². The van der Waals surface area contributed by atoms with Crippen molar-refractivity contribution in [1.82, 2.24) is 14.9 Å². The average molecular weight is 541 g/mol. The van der Waals surface area contributed by atoms with Crippen LogP contribution >= 0.6 is 0 Å². The predicted octanol–water partition coefficient (Wildman–Crippen LogP) is 5.10. The van der Waals surface area contributed by atoms with Crippen LogP contribution in [0.4, 0.5) is 19.1 Å². The van der Waals surface area contributed by atoms with Crippen LogP contribution in [-0.2, 0) is 29.1 Å². The number of carboxylic acids is 1. The molecule has 1 amide bonds. The molecule has 2 aliphatic rings. The summed E-state index contributed by atoms with van der Waals surface area (Å²) in [6, 6.07) is 20.9. The monoisotopic (exact) mass is 540 g/mol. The largest absolute Gasteiger partial charge is 0.490 e. The lowest BCUT2D eigenvalue weighted by Gasteiger charge is -2.42. The number of halogens is 3. The van der Waals surface area contributed by atoms with Crippen molar-refractivity contribution in [3.05, 3.63) is 88.7 Å². The standard InChI is InChI=1S/C27H30N4O.C2HF3O2/c1-20-16-21(2)29-26(28-20)30-14-12-27(13-15-30)17-23-10-6-7-11-24(23)19-31(25(27)32)18-22-8-4-3-5-9-22;3-2(4,5)1(6)7/h3-11,16H,12-15,17-19H2,1-2H3;(H,6,7). The zero-order chi connectivity index (χ0) is 28.2. The molecule has 10 heteroatoms. The number of nitrogens with zero attached hydrogens (tertiary/aromatic N) is 4. The van der Waals surface area contributed by atoms with Gasteiger partial charge in [-0.2, -0.15) is 13.2 Å². The number of hydrogen-bond acceptors (Lipinski definition) is 5. The number of carbonyl (C=O) groups excluding carboxylic acids is 1. The maximum Gasteiger partial charge on any atom is 0.490 e. The van der Waals surface area contributed by atoms with Crippen LogP contribution in [0.5, 0.6) is 0 Å². The summed E-state index contributed by atoms with van der Waals surface area (Å²) in [6.07, 6.45) is -2.63. The normalized spacial score (nSPS) is 16.7. The lowest BCUT2D eigenvalue weighted by atomic mass is 9.73. The highest BCUT2D eigenvalue weighted by atomic mass is 19.4. The Morgan fingerprint density at radius 1 is 0.949 bits per heavy atom. The molecule has 39 heavy (non-hydrogen) atoms. The van der Waals surface area contributed by atoms with Crippen molar-refractivity contribution < 1.29 is 27.9 Å². The minimum absolute atomic E-state index is 0.290. The molecule has 0 saturated carbocycles. The van der Waals surface area contributed by atoms with Gasteiger partial charge >= 0.3 is 12.1 Å². The van der Waals surface area contributed by atoms with Gasteiger partial charge in [0, 0.05) is 37.6 Å². The summed E-state index contributed by atoms with van der Waals surface area (Å²) in [5.41, 5.74) is 5.37. The molecule has 2 aromatic carbocycles. The molecule has 0 radical (unpaired) electrons. The Kier molecular flexibility index (Phi) is 8.22. The van der Waals surface area contributed by atoms with E-state index in [4.69, 9.17) is 9.90 Å². The number of amides is 1. The molecule has 0 unspecified atom stereocenters. The van der Waals surface area contributed by atoms with E-state index in [1.807, 2.05) is 38.1 Å². The summed E-state index contributed by atoms with van der Waals surface area (Å²) < 4.78 is 31.7. The van der Waals surface area contributed by atoms with Gasteiger partial charge in [-0.05, 0) is 55.9 Å². The summed E-state index contributed by atoms with van der Waals surface area (Å²) in [4.78, 5) is 36.5. The summed E-state index contributed by atoms with van der Waals surface area (Å²) in [5, 5.41) is 7.12. The van der Waals surface area contributed by atoms with Crippen molar-refractivity contribution >= 4 is 17.8 Å². The van der Waals surface area contributed by atoms with Crippen LogP contribution in [0, 0.1) is 19.3 Å². The Bertz CT molecular complexity index is 1300. The first kappa shape index (κ1) is 28.1. The summed E-state index contributed by atoms with van der Waals surface area (Å²) >= 11 is 0. The summed E-state index contributed by atoms with van der Waals surface area (Å²) in [6.45, 7) is 6.95. The van der Waals surface area contributed by atoms with Gasteiger partial charge in [0.2, 0.25) is 11.9 Å². The van der Waals surface area contributed by atoms with Crippen molar-refractivity contribution in [2.75, 3.05) is 18.0 Å². The number of piperidine rings is 1. The number of alkyl halides is 3. The average Bonchev–Trinajstić information content (AvgIpc) is 2.99. The third-order valence-corrected chi connectivity index (χ3v) is 7.18. The van der Waals surface area contributed by atoms with Crippen LogP contribution in [0.2, 0.25) is 0 Å². The summed E-state index contributed by atoms with van der Waals surface area (Å²) in [5.74, 6) is -1.67. The minimum Gasteiger partial charge on any atom is -0.475 e. The minimum atomic E-state index is -5.08. The van der Waals surface area contributed by atoms with Crippen molar-refractivity contribution in [2.45, 2.75) is 52.4 Å². The number of aryl methyl sites for hydroxylation is 2. The first-order valence-corrected chi connectivity index (χ1v) is 12.7. The number of aromatic nitrogens is 2. The topological polar surface area (TPSA) is 86.6 Å². The van der Waals surface area contributed by atoms with Gasteiger partial charge in [-0.15, -0.1) is 0 Å². The van der Waals surface area contributed by atoms with E-state index in [0.29, 0.717) is 19.0 Å². The maximum absolute atomic E-state index is 14.0. The number of aliphatic carboxylic acids is 1. The van der Waals surface area contributed by atoms with Crippen LogP contribution in [-0.4, -0.2) is 51.1 Å². The lowest BCUT2D eigenvalue weighted by Crippen LogP contribution is -2.50. The Labute approximate surface area is 225 Å². The molecule has 3 aromatic rings. The number of hydrogen-bond donors (Lipinski definition) is 1. The first-order chi connectivity index (χ1) is 18.5. The van der Waals surface area contributed by atoms with Crippen LogP contribution in [0.1, 0.15) is 40.9 Å². The van der Waals surface area contributed by atoms with Crippen molar-refractivity contribution in [1.29, 1.82) is 0 Å². The second-order valence-corrected chi connectivity index (χ2v) is 10.1. The zero-order valence-corrected chi connectivity index (χ0v) is 21.9. The third kappa shape index (κ3) is 6.74. The van der Waals surface area contributed by atoms with Crippen molar-refractivity contribution in [3.8, 4) is 0 Å². The fourth-order valence-corrected chi connectivity index (χ4v) is 5.24. The molecule has 206 valence electrons. The van der Waals surface area contributed by atoms with Crippen LogP contribution in [0.25, 0.3) is 0 Å². The van der Waals surface area contributed by atoms with Gasteiger partial charge in [0.15, 0.2) is 0 Å². The number of rotatable bonds is 3. The Morgan fingerprint density at radius 3 is 2.05 bits per heavy atom. The number of anilines is 1. The number of carbonyl (C=O) groups is 2. The third-order valence-electron chi connectivity index (χ3n) is 7.18. The number of benzene rings is 2. The van der Waals surface area contributed by atoms with Gasteiger partial charge in [0.1, 0.15) is 0 Å². The fraction of sp³-hybridized carbons (Fsp3) is 0.379. The molecule has 1 saturated heterocycles. The van der Waals surface area contributed by atoms with Crippen LogP contribution in [0.3, 0.4) is 0 Å². The molecule has 1 aromatic heterocycles. The van der Waals surface area contributed by atoms with Crippen LogP contribution < -0.4 is 4.90 Å². The molecule has 3 heterocycles. The molecule has 1 N–H and O–H groups in total. The molecular formula is C29H31F3N4O3. The first-order valence-electron chi connectivity index (χ1n) is 12.7. The number of carboxylic acid groups (broad SMARTS) is 1. The van der Waals surface area contributed by atoms with Gasteiger partial charge in [-0.1, -0.05) is 54.6 Å². The molecule has 0 bridgehead atoms. The van der Waals surface area contributed by atoms with E-state index in [-0.39, 0.29) is 5.41 Å². The van der Waals surface area contributed by atoms with Gasteiger partial charge in [-0.3, -0.25) is 4.79 Å². The SMILES string of the molecule is Cc1cc(C)nc(N2CCC3(CC2)Cc2ccccc2CN(Cc2ccccc2)C3=O)n1.O=C(O)C(F)(F)F. The van der Waals surface area contributed by atoms with Crippen molar-refractivity contribution in [3.63, 3.8) is 0 Å². The molecular weight excluding hydrogens is 509 g/mol. The second kappa shape index (κ2) is 11.4. The second-order valence-electron chi connectivity index (χ2n) is 10.1. The highest BCUT2D eigenvalue weighted by Gasteiger charge is 2.46. The van der Waals surface area contributed by atoms with Gasteiger partial charge in [0.05, 0.1) is 5.41 Å². The zero-order valence-electron chi connectivity index (χ0n) is 21.9. The maximum atomic E-state index is 14.0. The Hall–Kier alpha value is -3.95.